The van der Waals surface area contributed by atoms with Crippen LogP contribution in [0.15, 0.2) is 42.5 Å². The third-order valence-corrected chi connectivity index (χ3v) is 9.35. The van der Waals surface area contributed by atoms with Crippen LogP contribution in [0.25, 0.3) is 10.8 Å². The monoisotopic (exact) mass is 768 g/mol. The van der Waals surface area contributed by atoms with Gasteiger partial charge >= 0.3 is 5.97 Å². The normalized spacial score (nSPS) is 10.8. The second-order valence-corrected chi connectivity index (χ2v) is 9.34. The molecule has 1 N–H and O–H groups in total. The largest absolute Gasteiger partial charge is 0.507 e. The highest BCUT2D eigenvalue weighted by Crippen LogP contribution is 2.34. The van der Waals surface area contributed by atoms with Crippen molar-refractivity contribution in [3.63, 3.8) is 0 Å². The molecule has 0 bridgehead atoms. The Labute approximate surface area is 193 Å². The van der Waals surface area contributed by atoms with Gasteiger partial charge in [0.05, 0.1) is 5.56 Å². The summed E-state index contributed by atoms with van der Waals surface area (Å²) in [7, 11) is 0. The van der Waals surface area contributed by atoms with Crippen molar-refractivity contribution in [1.82, 2.24) is 0 Å². The van der Waals surface area contributed by atoms with Crippen LogP contribution in [0.3, 0.4) is 0 Å². The number of rotatable bonds is 2. The molecule has 0 heterocycles. The number of aromatic hydroxyl groups is 1. The Balaban J connectivity index is 2.06. The molecule has 0 aliphatic carbocycles. The molecule has 3 rings (SSSR count). The first kappa shape index (κ1) is 18.9. The van der Waals surface area contributed by atoms with Crippen LogP contribution in [0.1, 0.15) is 10.4 Å². The Morgan fingerprint density at radius 3 is 2.25 bits per heavy atom. The summed E-state index contributed by atoms with van der Waals surface area (Å²) >= 11 is 8.83. The summed E-state index contributed by atoms with van der Waals surface area (Å²) in [5, 5.41) is 11.3. The first-order valence-corrected chi connectivity index (χ1v) is 11.0. The summed E-state index contributed by atoms with van der Waals surface area (Å²) in [4.78, 5) is 12.7. The third-order valence-electron chi connectivity index (χ3n) is 3.38. The van der Waals surface area contributed by atoms with Crippen molar-refractivity contribution in [3.05, 3.63) is 62.3 Å². The second-order valence-electron chi connectivity index (χ2n) is 4.86. The lowest BCUT2D eigenvalue weighted by molar-refractivity contribution is 0.0734. The summed E-state index contributed by atoms with van der Waals surface area (Å²) in [6.07, 6.45) is 0. The molecule has 0 spiro atoms. The number of phenolic OH excluding ortho intramolecular Hbond substituents is 1. The van der Waals surface area contributed by atoms with Gasteiger partial charge in [-0.25, -0.2) is 4.79 Å². The topological polar surface area (TPSA) is 46.5 Å². The molecule has 0 saturated heterocycles. The summed E-state index contributed by atoms with van der Waals surface area (Å²) in [5.41, 5.74) is 0.568. The van der Waals surface area contributed by atoms with Gasteiger partial charge in [-0.3, -0.25) is 0 Å². The van der Waals surface area contributed by atoms with Crippen molar-refractivity contribution in [2.75, 3.05) is 0 Å². The first-order chi connectivity index (χ1) is 11.4. The number of carbonyl (C=O) groups is 1. The minimum Gasteiger partial charge on any atom is -0.507 e. The predicted molar refractivity (Wildman–Crippen MR) is 128 cm³/mol. The van der Waals surface area contributed by atoms with Gasteiger partial charge in [0.15, 0.2) is 0 Å². The van der Waals surface area contributed by atoms with E-state index >= 15 is 0 Å². The van der Waals surface area contributed by atoms with Crippen molar-refractivity contribution < 1.29 is 14.6 Å². The first-order valence-electron chi connectivity index (χ1n) is 6.66. The van der Waals surface area contributed by atoms with Crippen molar-refractivity contribution >= 4 is 107 Å². The SMILES string of the molecule is O=C(Oc1ccc(O)c2ccccc12)c1c(I)cc(I)c(I)c1I. The molecular formula is C17H8I4O3. The maximum atomic E-state index is 12.7. The van der Waals surface area contributed by atoms with Crippen LogP contribution in [0, 0.1) is 14.3 Å². The fourth-order valence-corrected chi connectivity index (χ4v) is 6.49. The van der Waals surface area contributed by atoms with Gasteiger partial charge in [-0.15, -0.1) is 0 Å². The summed E-state index contributed by atoms with van der Waals surface area (Å²) in [6, 6.07) is 12.4. The van der Waals surface area contributed by atoms with E-state index in [1.54, 1.807) is 18.2 Å². The molecule has 24 heavy (non-hydrogen) atoms. The maximum absolute atomic E-state index is 12.7. The van der Waals surface area contributed by atoms with E-state index < -0.39 is 5.97 Å². The van der Waals surface area contributed by atoms with Crippen LogP contribution in [-0.4, -0.2) is 11.1 Å². The highest BCUT2D eigenvalue weighted by atomic mass is 127. The predicted octanol–water partition coefficient (Wildman–Crippen LogP) is 6.18. The van der Waals surface area contributed by atoms with Crippen molar-refractivity contribution in [1.29, 1.82) is 0 Å². The molecule has 0 aliphatic rings. The molecule has 0 radical (unpaired) electrons. The van der Waals surface area contributed by atoms with E-state index in [2.05, 4.69) is 90.4 Å². The Bertz CT molecular complexity index is 970. The summed E-state index contributed by atoms with van der Waals surface area (Å²) < 4.78 is 9.55. The molecule has 3 nitrogen and oxygen atoms in total. The molecule has 0 unspecified atom stereocenters. The number of halogens is 4. The zero-order chi connectivity index (χ0) is 17.4. The van der Waals surface area contributed by atoms with E-state index in [1.165, 1.54) is 0 Å². The Morgan fingerprint density at radius 1 is 0.875 bits per heavy atom. The van der Waals surface area contributed by atoms with E-state index in [-0.39, 0.29) is 5.75 Å². The zero-order valence-corrected chi connectivity index (χ0v) is 20.4. The number of ether oxygens (including phenoxy) is 1. The molecule has 0 aromatic heterocycles. The number of hydrogen-bond donors (Lipinski definition) is 1. The lowest BCUT2D eigenvalue weighted by Crippen LogP contribution is -2.14. The summed E-state index contributed by atoms with van der Waals surface area (Å²) in [6.45, 7) is 0. The molecule has 0 aliphatic heterocycles. The average Bonchev–Trinajstić information content (AvgIpc) is 2.55. The smallest absolute Gasteiger partial charge is 0.345 e. The number of hydrogen-bond acceptors (Lipinski definition) is 3. The van der Waals surface area contributed by atoms with Gasteiger partial charge in [0.1, 0.15) is 11.5 Å². The van der Waals surface area contributed by atoms with E-state index in [1.807, 2.05) is 24.3 Å². The molecule has 0 amide bonds. The highest BCUT2D eigenvalue weighted by Gasteiger charge is 2.21. The van der Waals surface area contributed by atoms with Crippen LogP contribution in [0.4, 0.5) is 0 Å². The number of esters is 1. The fourth-order valence-electron chi connectivity index (χ4n) is 2.25. The van der Waals surface area contributed by atoms with E-state index in [0.717, 1.165) is 14.3 Å². The molecule has 0 atom stereocenters. The number of phenols is 1. The van der Waals surface area contributed by atoms with Crippen LogP contribution < -0.4 is 4.74 Å². The lowest BCUT2D eigenvalue weighted by Gasteiger charge is -2.12. The van der Waals surface area contributed by atoms with Gasteiger partial charge in [-0.05, 0) is 109 Å². The van der Waals surface area contributed by atoms with Crippen molar-refractivity contribution in [3.8, 4) is 11.5 Å². The number of carbonyl (C=O) groups excluding carboxylic acids is 1. The van der Waals surface area contributed by atoms with Crippen LogP contribution in [-0.2, 0) is 0 Å². The van der Waals surface area contributed by atoms with Gasteiger partial charge in [-0.1, -0.05) is 24.3 Å². The van der Waals surface area contributed by atoms with Crippen molar-refractivity contribution in [2.45, 2.75) is 0 Å². The molecule has 0 fully saturated rings. The number of fused-ring (bicyclic) bond motifs is 1. The summed E-state index contributed by atoms with van der Waals surface area (Å²) in [5.74, 6) is 0.209. The van der Waals surface area contributed by atoms with Gasteiger partial charge in [-0.2, -0.15) is 0 Å². The Hall–Kier alpha value is 0.110. The molecule has 7 heteroatoms. The lowest BCUT2D eigenvalue weighted by atomic mass is 10.1. The molecular weight excluding hydrogens is 760 g/mol. The molecule has 3 aromatic rings. The van der Waals surface area contributed by atoms with Crippen LogP contribution in [0.2, 0.25) is 0 Å². The minimum atomic E-state index is -0.394. The maximum Gasteiger partial charge on any atom is 0.345 e. The molecule has 0 saturated carbocycles. The van der Waals surface area contributed by atoms with Gasteiger partial charge in [0.25, 0.3) is 0 Å². The third kappa shape index (κ3) is 3.63. The van der Waals surface area contributed by atoms with E-state index in [0.29, 0.717) is 22.1 Å². The van der Waals surface area contributed by atoms with Gasteiger partial charge < -0.3 is 9.84 Å². The standard InChI is InChI=1S/C17H8I4O3/c18-10-7-11(19)15(20)16(21)14(10)17(23)24-13-6-5-12(22)8-3-1-2-4-9(8)13/h1-7,22H. The van der Waals surface area contributed by atoms with Gasteiger partial charge in [0.2, 0.25) is 0 Å². The minimum absolute atomic E-state index is 0.165. The Kier molecular flexibility index (Phi) is 6.12. The van der Waals surface area contributed by atoms with Crippen LogP contribution >= 0.6 is 90.4 Å². The van der Waals surface area contributed by atoms with Crippen LogP contribution in [0.5, 0.6) is 11.5 Å². The number of benzene rings is 3. The quantitative estimate of drug-likeness (QED) is 0.112. The Morgan fingerprint density at radius 2 is 1.54 bits per heavy atom. The zero-order valence-electron chi connectivity index (χ0n) is 11.8. The van der Waals surface area contributed by atoms with E-state index in [4.69, 9.17) is 4.74 Å². The highest BCUT2D eigenvalue weighted by molar-refractivity contribution is 14.1. The molecule has 3 aromatic carbocycles. The van der Waals surface area contributed by atoms with E-state index in [9.17, 15) is 9.90 Å². The fraction of sp³-hybridized carbons (Fsp3) is 0. The average molecular weight is 768 g/mol. The van der Waals surface area contributed by atoms with Crippen molar-refractivity contribution in [2.24, 2.45) is 0 Å². The second kappa shape index (κ2) is 7.78. The van der Waals surface area contributed by atoms with Gasteiger partial charge in [0, 0.05) is 25.1 Å². The molecule has 122 valence electrons.